The first kappa shape index (κ1) is 15.1. The highest BCUT2D eigenvalue weighted by Crippen LogP contribution is 2.35. The molecule has 1 aromatic carbocycles. The number of nitrogens with zero attached hydrogens (tertiary/aromatic N) is 3. The van der Waals surface area contributed by atoms with Crippen molar-refractivity contribution in [2.45, 2.75) is 49.2 Å². The molecule has 1 saturated carbocycles. The summed E-state index contributed by atoms with van der Waals surface area (Å²) in [5, 5.41) is 19.7. The van der Waals surface area contributed by atoms with Crippen LogP contribution < -0.4 is 0 Å². The standard InChI is InChI=1S/C17H19N3OS/c18-9-13-5-1-2-6-14(13)12-22-17-19-10-16(11-21)20(17)15-7-3-4-8-15/h1-2,5-6,10,15,21H,3-4,7-8,11-12H2. The number of aliphatic hydroxyl groups is 1. The first-order chi connectivity index (χ1) is 10.8. The molecule has 0 spiro atoms. The third-order valence-electron chi connectivity index (χ3n) is 4.19. The zero-order valence-electron chi connectivity index (χ0n) is 12.4. The number of hydrogen-bond donors (Lipinski definition) is 1. The normalized spacial score (nSPS) is 15.1. The molecule has 1 aromatic heterocycles. The van der Waals surface area contributed by atoms with Crippen molar-refractivity contribution < 1.29 is 5.11 Å². The van der Waals surface area contributed by atoms with Crippen LogP contribution in [0.2, 0.25) is 0 Å². The SMILES string of the molecule is N#Cc1ccccc1CSc1ncc(CO)n1C1CCCC1. The second kappa shape index (κ2) is 6.99. The summed E-state index contributed by atoms with van der Waals surface area (Å²) < 4.78 is 2.20. The number of hydrogen-bond acceptors (Lipinski definition) is 4. The van der Waals surface area contributed by atoms with Crippen molar-refractivity contribution in [3.05, 3.63) is 47.3 Å². The fraction of sp³-hybridized carbons (Fsp3) is 0.412. The van der Waals surface area contributed by atoms with Gasteiger partial charge < -0.3 is 9.67 Å². The van der Waals surface area contributed by atoms with Crippen LogP contribution in [0.5, 0.6) is 0 Å². The van der Waals surface area contributed by atoms with Crippen molar-refractivity contribution in [3.63, 3.8) is 0 Å². The number of rotatable bonds is 5. The van der Waals surface area contributed by atoms with E-state index < -0.39 is 0 Å². The van der Waals surface area contributed by atoms with Crippen molar-refractivity contribution >= 4 is 11.8 Å². The molecule has 0 saturated heterocycles. The summed E-state index contributed by atoms with van der Waals surface area (Å²) in [6, 6.07) is 10.4. The molecule has 0 unspecified atom stereocenters. The van der Waals surface area contributed by atoms with Gasteiger partial charge in [0, 0.05) is 11.8 Å². The molecule has 1 heterocycles. The molecule has 22 heavy (non-hydrogen) atoms. The smallest absolute Gasteiger partial charge is 0.168 e. The average Bonchev–Trinajstić information content (AvgIpc) is 3.21. The first-order valence-electron chi connectivity index (χ1n) is 7.61. The fourth-order valence-corrected chi connectivity index (χ4v) is 4.12. The molecule has 1 aliphatic rings. The van der Waals surface area contributed by atoms with E-state index in [0.717, 1.165) is 40.6 Å². The lowest BCUT2D eigenvalue weighted by molar-refractivity contribution is 0.263. The number of benzene rings is 1. The topological polar surface area (TPSA) is 61.8 Å². The summed E-state index contributed by atoms with van der Waals surface area (Å²) in [6.07, 6.45) is 6.58. The van der Waals surface area contributed by atoms with Crippen LogP contribution >= 0.6 is 11.8 Å². The predicted octanol–water partition coefficient (Wildman–Crippen LogP) is 3.65. The molecule has 0 atom stereocenters. The monoisotopic (exact) mass is 313 g/mol. The van der Waals surface area contributed by atoms with Crippen LogP contribution in [0.15, 0.2) is 35.6 Å². The van der Waals surface area contributed by atoms with Crippen molar-refractivity contribution in [1.29, 1.82) is 5.26 Å². The van der Waals surface area contributed by atoms with E-state index in [-0.39, 0.29) is 6.61 Å². The van der Waals surface area contributed by atoms with Gasteiger partial charge in [-0.15, -0.1) is 0 Å². The van der Waals surface area contributed by atoms with E-state index >= 15 is 0 Å². The zero-order valence-corrected chi connectivity index (χ0v) is 13.2. The van der Waals surface area contributed by atoms with Crippen LogP contribution in [0, 0.1) is 11.3 Å². The lowest BCUT2D eigenvalue weighted by Crippen LogP contribution is -2.10. The minimum absolute atomic E-state index is 0.0266. The van der Waals surface area contributed by atoms with E-state index in [1.807, 2.05) is 24.3 Å². The van der Waals surface area contributed by atoms with E-state index in [1.165, 1.54) is 12.8 Å². The van der Waals surface area contributed by atoms with Crippen LogP contribution in [0.1, 0.15) is 48.5 Å². The molecule has 0 bridgehead atoms. The Morgan fingerprint density at radius 3 is 2.82 bits per heavy atom. The number of nitriles is 1. The molecular weight excluding hydrogens is 294 g/mol. The lowest BCUT2D eigenvalue weighted by atomic mass is 10.1. The summed E-state index contributed by atoms with van der Waals surface area (Å²) in [4.78, 5) is 4.49. The molecule has 3 rings (SSSR count). The van der Waals surface area contributed by atoms with Gasteiger partial charge in [0.1, 0.15) is 0 Å². The minimum atomic E-state index is 0.0266. The summed E-state index contributed by atoms with van der Waals surface area (Å²) in [5.41, 5.74) is 2.64. The minimum Gasteiger partial charge on any atom is -0.390 e. The van der Waals surface area contributed by atoms with Crippen LogP contribution in [-0.2, 0) is 12.4 Å². The van der Waals surface area contributed by atoms with Gasteiger partial charge >= 0.3 is 0 Å². The van der Waals surface area contributed by atoms with Crippen molar-refractivity contribution in [2.24, 2.45) is 0 Å². The molecule has 5 heteroatoms. The largest absolute Gasteiger partial charge is 0.390 e. The number of imidazole rings is 1. The van der Waals surface area contributed by atoms with Crippen LogP contribution in [-0.4, -0.2) is 14.7 Å². The van der Waals surface area contributed by atoms with Crippen molar-refractivity contribution in [2.75, 3.05) is 0 Å². The zero-order chi connectivity index (χ0) is 15.4. The molecule has 2 aromatic rings. The summed E-state index contributed by atoms with van der Waals surface area (Å²) in [7, 11) is 0. The Balaban J connectivity index is 1.81. The third kappa shape index (κ3) is 3.03. The molecular formula is C17H19N3OS. The maximum atomic E-state index is 9.55. The highest BCUT2D eigenvalue weighted by molar-refractivity contribution is 7.98. The van der Waals surface area contributed by atoms with Gasteiger partial charge in [-0.3, -0.25) is 0 Å². The fourth-order valence-electron chi connectivity index (χ4n) is 3.05. The average molecular weight is 313 g/mol. The van der Waals surface area contributed by atoms with Gasteiger partial charge in [-0.1, -0.05) is 42.8 Å². The van der Waals surface area contributed by atoms with Gasteiger partial charge in [0.25, 0.3) is 0 Å². The quantitative estimate of drug-likeness (QED) is 0.856. The van der Waals surface area contributed by atoms with Crippen LogP contribution in [0.4, 0.5) is 0 Å². The van der Waals surface area contributed by atoms with Gasteiger partial charge in [-0.2, -0.15) is 5.26 Å². The Bertz CT molecular complexity index is 683. The van der Waals surface area contributed by atoms with Gasteiger partial charge in [-0.05, 0) is 24.5 Å². The van der Waals surface area contributed by atoms with Crippen molar-refractivity contribution in [1.82, 2.24) is 9.55 Å². The Labute approximate surface area is 134 Å². The first-order valence-corrected chi connectivity index (χ1v) is 8.60. The van der Waals surface area contributed by atoms with Gasteiger partial charge in [0.15, 0.2) is 5.16 Å². The van der Waals surface area contributed by atoms with E-state index in [0.29, 0.717) is 6.04 Å². The second-order valence-corrected chi connectivity index (χ2v) is 6.50. The second-order valence-electron chi connectivity index (χ2n) is 5.56. The molecule has 1 aliphatic carbocycles. The predicted molar refractivity (Wildman–Crippen MR) is 86.4 cm³/mol. The Kier molecular flexibility index (Phi) is 4.81. The summed E-state index contributed by atoms with van der Waals surface area (Å²) in [5.74, 6) is 0.721. The molecule has 0 radical (unpaired) electrons. The number of thioether (sulfide) groups is 1. The highest BCUT2D eigenvalue weighted by Gasteiger charge is 2.22. The Hall–Kier alpha value is -1.77. The van der Waals surface area contributed by atoms with E-state index in [2.05, 4.69) is 15.6 Å². The molecule has 114 valence electrons. The Morgan fingerprint density at radius 1 is 1.32 bits per heavy atom. The maximum Gasteiger partial charge on any atom is 0.168 e. The van der Waals surface area contributed by atoms with E-state index in [4.69, 9.17) is 0 Å². The maximum absolute atomic E-state index is 9.55. The third-order valence-corrected chi connectivity index (χ3v) is 5.20. The summed E-state index contributed by atoms with van der Waals surface area (Å²) in [6.45, 7) is 0.0266. The molecule has 1 N–H and O–H groups in total. The van der Waals surface area contributed by atoms with Crippen molar-refractivity contribution in [3.8, 4) is 6.07 Å². The number of aliphatic hydroxyl groups excluding tert-OH is 1. The van der Waals surface area contributed by atoms with E-state index in [9.17, 15) is 10.4 Å². The van der Waals surface area contributed by atoms with Gasteiger partial charge in [0.05, 0.1) is 30.1 Å². The highest BCUT2D eigenvalue weighted by atomic mass is 32.2. The molecule has 0 amide bonds. The summed E-state index contributed by atoms with van der Waals surface area (Å²) >= 11 is 1.64. The van der Waals surface area contributed by atoms with Crippen LogP contribution in [0.25, 0.3) is 0 Å². The molecule has 0 aliphatic heterocycles. The van der Waals surface area contributed by atoms with Crippen LogP contribution in [0.3, 0.4) is 0 Å². The number of aromatic nitrogens is 2. The Morgan fingerprint density at radius 2 is 2.09 bits per heavy atom. The molecule has 4 nitrogen and oxygen atoms in total. The van der Waals surface area contributed by atoms with Gasteiger partial charge in [-0.25, -0.2) is 4.98 Å². The molecule has 1 fully saturated rings. The van der Waals surface area contributed by atoms with E-state index in [1.54, 1.807) is 18.0 Å². The van der Waals surface area contributed by atoms with Gasteiger partial charge in [0.2, 0.25) is 0 Å². The lowest BCUT2D eigenvalue weighted by Gasteiger charge is -2.17.